The number of nitrogen functional groups attached to an aromatic ring is 1. The molecule has 3 aromatic rings. The third kappa shape index (κ3) is 19.9. The number of amides is 3. The number of anilines is 3. The van der Waals surface area contributed by atoms with Crippen molar-refractivity contribution in [3.63, 3.8) is 0 Å². The Kier molecular flexibility index (Phi) is 19.5. The summed E-state index contributed by atoms with van der Waals surface area (Å²) in [6, 6.07) is 19.7. The molecule has 3 aromatic carbocycles. The Morgan fingerprint density at radius 1 is 0.631 bits per heavy atom. The Bertz CT molecular complexity index is 2050. The van der Waals surface area contributed by atoms with E-state index in [-0.39, 0.29) is 40.9 Å². The number of benzene rings is 3. The van der Waals surface area contributed by atoms with Crippen LogP contribution in [-0.2, 0) is 14.2 Å². The highest BCUT2D eigenvalue weighted by molar-refractivity contribution is 5.71. The lowest BCUT2D eigenvalue weighted by molar-refractivity contribution is -0.387. The Morgan fingerprint density at radius 2 is 1.03 bits per heavy atom. The van der Waals surface area contributed by atoms with Gasteiger partial charge in [-0.15, -0.1) is 0 Å². The van der Waals surface area contributed by atoms with Crippen molar-refractivity contribution in [3.8, 4) is 0 Å². The minimum atomic E-state index is -0.799. The van der Waals surface area contributed by atoms with Crippen molar-refractivity contribution < 1.29 is 42.8 Å². The number of hydrogen-bond acceptors (Lipinski definition) is 14. The molecule has 6 N–H and O–H groups in total. The highest BCUT2D eigenvalue weighted by Crippen LogP contribution is 2.30. The lowest BCUT2D eigenvalue weighted by atomic mass is 10.2. The second-order valence-corrected chi connectivity index (χ2v) is 18.5. The van der Waals surface area contributed by atoms with E-state index in [0.717, 1.165) is 68.9 Å². The van der Waals surface area contributed by atoms with Crippen molar-refractivity contribution in [2.45, 2.75) is 117 Å². The van der Waals surface area contributed by atoms with Crippen molar-refractivity contribution in [3.05, 3.63) is 98.8 Å². The summed E-state index contributed by atoms with van der Waals surface area (Å²) in [7, 11) is 0. The van der Waals surface area contributed by atoms with Crippen LogP contribution in [0.3, 0.4) is 0 Å². The first-order valence-electron chi connectivity index (χ1n) is 21.5. The molecule has 3 amide bonds. The molecule has 358 valence electrons. The first-order chi connectivity index (χ1) is 30.3. The molecule has 0 radical (unpaired) electrons. The summed E-state index contributed by atoms with van der Waals surface area (Å²) in [5.41, 5.74) is 6.54. The lowest BCUT2D eigenvalue weighted by Crippen LogP contribution is -2.40. The van der Waals surface area contributed by atoms with E-state index in [1.165, 1.54) is 18.2 Å². The molecule has 0 saturated carbocycles. The number of nitrogens with zero attached hydrogens (tertiary/aromatic N) is 4. The number of para-hydroxylation sites is 5. The summed E-state index contributed by atoms with van der Waals surface area (Å²) in [5.74, 6) is -0.799. The highest BCUT2D eigenvalue weighted by atomic mass is 19.1. The van der Waals surface area contributed by atoms with E-state index in [0.29, 0.717) is 18.8 Å². The standard InChI is InChI=1S/C15H21N3O4.C15H23N3O2.C9H18N2O2.C6H4FNO2/c1-15(2,3)22-14(19)16-11-8-9-17(10-11)12-6-4-5-7-13(12)18(20)21;1-15(2,3)20-14(19)17-11-8-9-18(10-11)13-7-5-4-6-12(13)16;1-9(2,3)13-8(12)11-7-4-5-10-6-7;7-5-3-1-2-4-6(5)8(9)10/h4-7,11H,8-10H2,1-3H3,(H,16,19);4-7,11H,8-10,16H2,1-3H3,(H,17,19);7,10H,4-6H2,1-3H3,(H,11,12);1-4H/t2*11-;7-;/m000./s1. The average molecular weight is 912 g/mol. The fourth-order valence-electron chi connectivity index (χ4n) is 6.66. The number of nitro benzene ring substituents is 2. The van der Waals surface area contributed by atoms with E-state index >= 15 is 0 Å². The van der Waals surface area contributed by atoms with Gasteiger partial charge in [-0.25, -0.2) is 14.4 Å². The largest absolute Gasteiger partial charge is 0.444 e. The predicted molar refractivity (Wildman–Crippen MR) is 248 cm³/mol. The van der Waals surface area contributed by atoms with Crippen LogP contribution in [0.25, 0.3) is 0 Å². The molecule has 19 nitrogen and oxygen atoms in total. The predicted octanol–water partition coefficient (Wildman–Crippen LogP) is 7.68. The van der Waals surface area contributed by atoms with Gasteiger partial charge in [-0.05, 0) is 112 Å². The van der Waals surface area contributed by atoms with Gasteiger partial charge in [0.1, 0.15) is 22.5 Å². The van der Waals surface area contributed by atoms with Gasteiger partial charge in [0.2, 0.25) is 5.82 Å². The molecule has 3 aliphatic rings. The number of nitrogens with two attached hydrogens (primary N) is 1. The summed E-state index contributed by atoms with van der Waals surface area (Å²) in [5, 5.41) is 32.8. The number of alkyl carbamates (subject to hydrolysis) is 3. The summed E-state index contributed by atoms with van der Waals surface area (Å²) < 4.78 is 28.0. The second kappa shape index (κ2) is 24.0. The van der Waals surface area contributed by atoms with E-state index in [9.17, 15) is 39.0 Å². The molecule has 6 rings (SSSR count). The van der Waals surface area contributed by atoms with Crippen molar-refractivity contribution in [1.82, 2.24) is 21.3 Å². The van der Waals surface area contributed by atoms with Crippen LogP contribution in [0, 0.1) is 26.0 Å². The van der Waals surface area contributed by atoms with Crippen LogP contribution < -0.4 is 36.8 Å². The Morgan fingerprint density at radius 3 is 1.43 bits per heavy atom. The van der Waals surface area contributed by atoms with Crippen LogP contribution in [-0.4, -0.2) is 102 Å². The van der Waals surface area contributed by atoms with Crippen LogP contribution >= 0.6 is 0 Å². The number of rotatable bonds is 7. The van der Waals surface area contributed by atoms with Gasteiger partial charge < -0.3 is 51.0 Å². The van der Waals surface area contributed by atoms with Crippen LogP contribution in [0.2, 0.25) is 0 Å². The zero-order valence-electron chi connectivity index (χ0n) is 38.9. The minimum absolute atomic E-state index is 0.0744. The SMILES string of the molecule is CC(C)(C)OC(=O)N[C@H]1CCN(c2ccccc2N)C1.CC(C)(C)OC(=O)N[C@H]1CCN(c2ccccc2[N+](=O)[O-])C1.CC(C)(C)OC(=O)N[C@H]1CCNC1.O=[N+]([O-])c1ccccc1F. The number of carbonyl (C=O) groups excluding carboxylic acids is 3. The zero-order chi connectivity index (χ0) is 48.5. The van der Waals surface area contributed by atoms with Gasteiger partial charge in [-0.3, -0.25) is 20.2 Å². The first-order valence-corrected chi connectivity index (χ1v) is 21.5. The molecule has 0 spiro atoms. The van der Waals surface area contributed by atoms with E-state index < -0.39 is 39.3 Å². The molecule has 3 saturated heterocycles. The van der Waals surface area contributed by atoms with Crippen LogP contribution in [0.15, 0.2) is 72.8 Å². The van der Waals surface area contributed by atoms with Crippen molar-refractivity contribution in [2.75, 3.05) is 54.8 Å². The number of carbonyl (C=O) groups is 3. The Hall–Kier alpha value is -6.44. The quantitative estimate of drug-likeness (QED) is 0.0661. The Labute approximate surface area is 380 Å². The fraction of sp³-hybridized carbons (Fsp3) is 0.533. The molecule has 3 aliphatic heterocycles. The molecule has 3 fully saturated rings. The van der Waals surface area contributed by atoms with E-state index in [4.69, 9.17) is 19.9 Å². The molecule has 0 aromatic heterocycles. The Balaban J connectivity index is 0.000000240. The summed E-state index contributed by atoms with van der Waals surface area (Å²) >= 11 is 0. The third-order valence-electron chi connectivity index (χ3n) is 9.35. The molecular weight excluding hydrogens is 846 g/mol. The topological polar surface area (TPSA) is 246 Å². The second-order valence-electron chi connectivity index (χ2n) is 18.5. The normalized spacial score (nSPS) is 18.0. The molecule has 20 heteroatoms. The highest BCUT2D eigenvalue weighted by Gasteiger charge is 2.30. The minimum Gasteiger partial charge on any atom is -0.444 e. The maximum absolute atomic E-state index is 12.4. The number of nitro groups is 2. The van der Waals surface area contributed by atoms with Gasteiger partial charge in [-0.2, -0.15) is 4.39 Å². The lowest BCUT2D eigenvalue weighted by Gasteiger charge is -2.23. The molecule has 3 heterocycles. The van der Waals surface area contributed by atoms with Gasteiger partial charge in [-0.1, -0.05) is 36.4 Å². The molecule has 0 bridgehead atoms. The molecule has 0 aliphatic carbocycles. The monoisotopic (exact) mass is 911 g/mol. The van der Waals surface area contributed by atoms with Gasteiger partial charge >= 0.3 is 24.0 Å². The molecule has 0 unspecified atom stereocenters. The maximum Gasteiger partial charge on any atom is 0.407 e. The molecular formula is C45H66FN9O10. The summed E-state index contributed by atoms with van der Waals surface area (Å²) in [6.07, 6.45) is 1.48. The van der Waals surface area contributed by atoms with Crippen molar-refractivity contribution >= 4 is 46.7 Å². The van der Waals surface area contributed by atoms with Crippen molar-refractivity contribution in [1.29, 1.82) is 0 Å². The first kappa shape index (κ1) is 52.9. The van der Waals surface area contributed by atoms with Gasteiger partial charge in [0, 0.05) is 50.9 Å². The van der Waals surface area contributed by atoms with Gasteiger partial charge in [0.05, 0.1) is 33.3 Å². The number of ether oxygens (including phenoxy) is 3. The average Bonchev–Trinajstić information content (AvgIpc) is 3.97. The smallest absolute Gasteiger partial charge is 0.407 e. The summed E-state index contributed by atoms with van der Waals surface area (Å²) in [4.78, 5) is 58.8. The van der Waals surface area contributed by atoms with Crippen LogP contribution in [0.1, 0.15) is 81.6 Å². The van der Waals surface area contributed by atoms with E-state index in [2.05, 4.69) is 26.2 Å². The van der Waals surface area contributed by atoms with E-state index in [1.807, 2.05) is 70.7 Å². The number of halogens is 1. The van der Waals surface area contributed by atoms with Crippen LogP contribution in [0.5, 0.6) is 0 Å². The number of nitrogens with one attached hydrogen (secondary N) is 4. The fourth-order valence-corrected chi connectivity index (χ4v) is 6.66. The molecule has 3 atom stereocenters. The van der Waals surface area contributed by atoms with Gasteiger partial charge in [0.15, 0.2) is 0 Å². The van der Waals surface area contributed by atoms with Crippen LogP contribution in [0.4, 0.5) is 47.2 Å². The van der Waals surface area contributed by atoms with Crippen molar-refractivity contribution in [2.24, 2.45) is 0 Å². The zero-order valence-corrected chi connectivity index (χ0v) is 38.9. The molecule has 65 heavy (non-hydrogen) atoms. The summed E-state index contributed by atoms with van der Waals surface area (Å²) in [6.45, 7) is 21.2. The van der Waals surface area contributed by atoms with Gasteiger partial charge in [0.25, 0.3) is 5.69 Å². The third-order valence-corrected chi connectivity index (χ3v) is 9.35. The maximum atomic E-state index is 12.4. The van der Waals surface area contributed by atoms with E-state index in [1.54, 1.807) is 39.0 Å². The number of hydrogen-bond donors (Lipinski definition) is 5.